The Labute approximate surface area is 132 Å². The number of aryl methyl sites for hydroxylation is 1. The van der Waals surface area contributed by atoms with E-state index in [2.05, 4.69) is 15.0 Å². The van der Waals surface area contributed by atoms with Gasteiger partial charge in [-0.2, -0.15) is 5.10 Å². The predicted molar refractivity (Wildman–Crippen MR) is 88.8 cm³/mol. The summed E-state index contributed by atoms with van der Waals surface area (Å²) in [5.74, 6) is 0.720. The maximum atomic E-state index is 6.03. The van der Waals surface area contributed by atoms with Crippen LogP contribution in [-0.2, 0) is 6.54 Å². The number of halogens is 1. The van der Waals surface area contributed by atoms with E-state index in [4.69, 9.17) is 5.73 Å². The summed E-state index contributed by atoms with van der Waals surface area (Å²) in [5, 5.41) is 4.16. The van der Waals surface area contributed by atoms with Crippen LogP contribution in [-0.4, -0.2) is 40.3 Å². The molecule has 0 aromatic carbocycles. The molecule has 0 bridgehead atoms. The lowest BCUT2D eigenvalue weighted by Crippen LogP contribution is -2.38. The summed E-state index contributed by atoms with van der Waals surface area (Å²) in [4.78, 5) is 6.69. The quantitative estimate of drug-likeness (QED) is 0.378. The molecule has 1 aromatic heterocycles. The Morgan fingerprint density at radius 1 is 1.21 bits per heavy atom. The summed E-state index contributed by atoms with van der Waals surface area (Å²) < 4.78 is 1.93. The number of nitrogens with two attached hydrogens (primary N) is 1. The first-order chi connectivity index (χ1) is 8.86. The van der Waals surface area contributed by atoms with Crippen LogP contribution in [0.4, 0.5) is 0 Å². The minimum Gasteiger partial charge on any atom is -0.370 e. The van der Waals surface area contributed by atoms with Gasteiger partial charge in [0.05, 0.1) is 0 Å². The Bertz CT molecular complexity index is 355. The largest absolute Gasteiger partial charge is 0.370 e. The van der Waals surface area contributed by atoms with Gasteiger partial charge in [0.15, 0.2) is 5.96 Å². The van der Waals surface area contributed by atoms with Gasteiger partial charge in [-0.15, -0.1) is 24.0 Å². The second-order valence-corrected chi connectivity index (χ2v) is 4.76. The molecule has 108 valence electrons. The van der Waals surface area contributed by atoms with Gasteiger partial charge < -0.3 is 10.6 Å². The van der Waals surface area contributed by atoms with Crippen LogP contribution < -0.4 is 5.73 Å². The minimum absolute atomic E-state index is 0. The van der Waals surface area contributed by atoms with Crippen molar-refractivity contribution in [2.75, 3.05) is 19.6 Å². The molecular formula is C13H24IN5. The normalized spacial score (nSPS) is 16.8. The molecule has 2 rings (SSSR count). The summed E-state index contributed by atoms with van der Waals surface area (Å²) in [6.07, 6.45) is 9.88. The molecule has 0 atom stereocenters. The van der Waals surface area contributed by atoms with Crippen molar-refractivity contribution in [2.45, 2.75) is 38.6 Å². The first kappa shape index (κ1) is 16.3. The van der Waals surface area contributed by atoms with Crippen LogP contribution in [0.15, 0.2) is 23.5 Å². The third-order valence-electron chi connectivity index (χ3n) is 3.31. The zero-order valence-electron chi connectivity index (χ0n) is 11.4. The first-order valence-electron chi connectivity index (χ1n) is 6.88. The number of aliphatic imine (C=N–C) groups is 1. The van der Waals surface area contributed by atoms with E-state index >= 15 is 0 Å². The number of guanidine groups is 1. The van der Waals surface area contributed by atoms with Gasteiger partial charge in [0.2, 0.25) is 0 Å². The third kappa shape index (κ3) is 5.80. The van der Waals surface area contributed by atoms with E-state index in [1.165, 1.54) is 25.7 Å². The lowest BCUT2D eigenvalue weighted by atomic mass is 10.2. The maximum Gasteiger partial charge on any atom is 0.191 e. The van der Waals surface area contributed by atoms with Crippen molar-refractivity contribution in [2.24, 2.45) is 10.7 Å². The number of hydrogen-bond donors (Lipinski definition) is 1. The van der Waals surface area contributed by atoms with E-state index in [0.29, 0.717) is 0 Å². The zero-order chi connectivity index (χ0) is 12.6. The highest BCUT2D eigenvalue weighted by Crippen LogP contribution is 2.09. The van der Waals surface area contributed by atoms with Crippen LogP contribution in [0.25, 0.3) is 0 Å². The summed E-state index contributed by atoms with van der Waals surface area (Å²) in [7, 11) is 0. The van der Waals surface area contributed by atoms with E-state index in [1.807, 2.05) is 16.9 Å². The smallest absolute Gasteiger partial charge is 0.191 e. The Hall–Kier alpha value is -0.790. The predicted octanol–water partition coefficient (Wildman–Crippen LogP) is 2.08. The molecule has 6 heteroatoms. The fourth-order valence-electron chi connectivity index (χ4n) is 2.26. The molecular weight excluding hydrogens is 353 g/mol. The summed E-state index contributed by atoms with van der Waals surface area (Å²) in [6, 6.07) is 1.94. The Morgan fingerprint density at radius 2 is 1.95 bits per heavy atom. The van der Waals surface area contributed by atoms with Gasteiger partial charge in [-0.3, -0.25) is 9.67 Å². The molecule has 1 aliphatic rings. The van der Waals surface area contributed by atoms with Gasteiger partial charge in [-0.1, -0.05) is 12.8 Å². The van der Waals surface area contributed by atoms with Crippen molar-refractivity contribution in [3.8, 4) is 0 Å². The van der Waals surface area contributed by atoms with Gasteiger partial charge in [-0.05, 0) is 25.3 Å². The molecule has 0 radical (unpaired) electrons. The highest BCUT2D eigenvalue weighted by Gasteiger charge is 2.10. The van der Waals surface area contributed by atoms with Gasteiger partial charge in [0.1, 0.15) is 0 Å². The van der Waals surface area contributed by atoms with E-state index in [-0.39, 0.29) is 24.0 Å². The standard InChI is InChI=1S/C13H23N5.HI/c14-13(17-9-3-1-2-4-10-17)15-7-5-11-18-12-6-8-16-18;/h6,8,12H,1-5,7,9-11H2,(H2,14,15);1H. The van der Waals surface area contributed by atoms with E-state index < -0.39 is 0 Å². The van der Waals surface area contributed by atoms with Crippen molar-refractivity contribution in [1.29, 1.82) is 0 Å². The first-order valence-corrected chi connectivity index (χ1v) is 6.88. The van der Waals surface area contributed by atoms with Gasteiger partial charge in [0.25, 0.3) is 0 Å². The van der Waals surface area contributed by atoms with Crippen molar-refractivity contribution in [3.05, 3.63) is 18.5 Å². The van der Waals surface area contributed by atoms with Crippen LogP contribution in [0, 0.1) is 0 Å². The molecule has 1 fully saturated rings. The van der Waals surface area contributed by atoms with Crippen molar-refractivity contribution in [1.82, 2.24) is 14.7 Å². The molecule has 19 heavy (non-hydrogen) atoms. The highest BCUT2D eigenvalue weighted by molar-refractivity contribution is 14.0. The van der Waals surface area contributed by atoms with E-state index in [1.54, 1.807) is 6.20 Å². The summed E-state index contributed by atoms with van der Waals surface area (Å²) >= 11 is 0. The van der Waals surface area contributed by atoms with Crippen LogP contribution in [0.2, 0.25) is 0 Å². The average Bonchev–Trinajstić information content (AvgIpc) is 2.74. The highest BCUT2D eigenvalue weighted by atomic mass is 127. The number of rotatable bonds is 4. The number of nitrogens with zero attached hydrogens (tertiary/aromatic N) is 4. The lowest BCUT2D eigenvalue weighted by molar-refractivity contribution is 0.428. The number of likely N-dealkylation sites (tertiary alicyclic amines) is 1. The van der Waals surface area contributed by atoms with Gasteiger partial charge in [0, 0.05) is 38.6 Å². The topological polar surface area (TPSA) is 59.4 Å². The SMILES string of the molecule is I.NC(=NCCCn1cccn1)N1CCCCCC1. The van der Waals surface area contributed by atoms with Crippen LogP contribution in [0.3, 0.4) is 0 Å². The molecule has 0 spiro atoms. The number of hydrogen-bond acceptors (Lipinski definition) is 2. The number of aromatic nitrogens is 2. The molecule has 0 aliphatic carbocycles. The van der Waals surface area contributed by atoms with Crippen LogP contribution in [0.5, 0.6) is 0 Å². The monoisotopic (exact) mass is 377 g/mol. The van der Waals surface area contributed by atoms with Crippen molar-refractivity contribution >= 4 is 29.9 Å². The molecule has 0 amide bonds. The molecule has 2 heterocycles. The van der Waals surface area contributed by atoms with Crippen LogP contribution >= 0.6 is 24.0 Å². The van der Waals surface area contributed by atoms with Crippen LogP contribution in [0.1, 0.15) is 32.1 Å². The minimum atomic E-state index is 0. The molecule has 0 unspecified atom stereocenters. The second-order valence-electron chi connectivity index (χ2n) is 4.76. The average molecular weight is 377 g/mol. The summed E-state index contributed by atoms with van der Waals surface area (Å²) in [6.45, 7) is 3.81. The van der Waals surface area contributed by atoms with Gasteiger partial charge >= 0.3 is 0 Å². The molecule has 1 aromatic rings. The molecule has 1 saturated heterocycles. The Balaban J connectivity index is 0.00000180. The lowest BCUT2D eigenvalue weighted by Gasteiger charge is -2.21. The summed E-state index contributed by atoms with van der Waals surface area (Å²) in [5.41, 5.74) is 6.03. The molecule has 5 nitrogen and oxygen atoms in total. The molecule has 0 saturated carbocycles. The molecule has 1 aliphatic heterocycles. The van der Waals surface area contributed by atoms with Gasteiger partial charge in [-0.25, -0.2) is 0 Å². The van der Waals surface area contributed by atoms with Crippen molar-refractivity contribution in [3.63, 3.8) is 0 Å². The zero-order valence-corrected chi connectivity index (χ0v) is 13.7. The molecule has 2 N–H and O–H groups in total. The second kappa shape index (κ2) is 9.17. The van der Waals surface area contributed by atoms with E-state index in [9.17, 15) is 0 Å². The van der Waals surface area contributed by atoms with E-state index in [0.717, 1.165) is 38.6 Å². The maximum absolute atomic E-state index is 6.03. The Kier molecular flexibility index (Phi) is 7.85. The fraction of sp³-hybridized carbons (Fsp3) is 0.692. The fourth-order valence-corrected chi connectivity index (χ4v) is 2.26. The third-order valence-corrected chi connectivity index (χ3v) is 3.31. The van der Waals surface area contributed by atoms with Crippen molar-refractivity contribution < 1.29 is 0 Å². The Morgan fingerprint density at radius 3 is 2.58 bits per heavy atom.